The van der Waals surface area contributed by atoms with Crippen LogP contribution in [0, 0.1) is 11.3 Å². The smallest absolute Gasteiger partial charge is 0.226 e. The van der Waals surface area contributed by atoms with Crippen molar-refractivity contribution < 1.29 is 9.90 Å². The molecule has 2 saturated heterocycles. The first-order valence-corrected chi connectivity index (χ1v) is 10.5. The molecule has 2 fully saturated rings. The number of nitrogens with zero attached hydrogens (tertiary/aromatic N) is 2. The number of carbonyl (C=O) groups excluding carboxylic acids is 1. The lowest BCUT2D eigenvalue weighted by atomic mass is 9.71. The van der Waals surface area contributed by atoms with Crippen LogP contribution in [0.3, 0.4) is 0 Å². The highest BCUT2D eigenvalue weighted by Gasteiger charge is 2.46. The molecule has 5 heteroatoms. The molecule has 1 aromatic carbocycles. The first-order chi connectivity index (χ1) is 13.1. The molecular formula is C22H29ClN2O2. The van der Waals surface area contributed by atoms with E-state index < -0.39 is 0 Å². The predicted octanol–water partition coefficient (Wildman–Crippen LogP) is 3.48. The molecule has 1 aromatic rings. The van der Waals surface area contributed by atoms with Crippen LogP contribution in [-0.4, -0.2) is 53.1 Å². The van der Waals surface area contributed by atoms with Crippen molar-refractivity contribution in [3.8, 4) is 0 Å². The molecule has 0 saturated carbocycles. The van der Waals surface area contributed by atoms with Gasteiger partial charge in [-0.15, -0.1) is 0 Å². The highest BCUT2D eigenvalue weighted by Crippen LogP contribution is 2.40. The Balaban J connectivity index is 1.45. The minimum Gasteiger partial charge on any atom is -0.392 e. The summed E-state index contributed by atoms with van der Waals surface area (Å²) in [5.74, 6) is 0.390. The van der Waals surface area contributed by atoms with E-state index in [4.69, 9.17) is 11.6 Å². The van der Waals surface area contributed by atoms with Crippen LogP contribution in [-0.2, 0) is 11.3 Å². The number of allylic oxidation sites excluding steroid dienone is 2. The fourth-order valence-corrected chi connectivity index (χ4v) is 5.31. The van der Waals surface area contributed by atoms with Gasteiger partial charge in [-0.25, -0.2) is 0 Å². The fraction of sp³-hybridized carbons (Fsp3) is 0.591. The van der Waals surface area contributed by atoms with E-state index in [2.05, 4.69) is 23.1 Å². The van der Waals surface area contributed by atoms with E-state index in [1.54, 1.807) is 0 Å². The molecule has 3 aliphatic rings. The average molecular weight is 389 g/mol. The van der Waals surface area contributed by atoms with Crippen molar-refractivity contribution >= 4 is 17.5 Å². The van der Waals surface area contributed by atoms with Gasteiger partial charge < -0.3 is 10.0 Å². The average Bonchev–Trinajstić information content (AvgIpc) is 3.19. The number of piperidine rings is 2. The first kappa shape index (κ1) is 19.0. The van der Waals surface area contributed by atoms with Crippen molar-refractivity contribution in [3.05, 3.63) is 47.0 Å². The number of halogens is 1. The third kappa shape index (κ3) is 4.08. The summed E-state index contributed by atoms with van der Waals surface area (Å²) in [5.41, 5.74) is 1.01. The molecular weight excluding hydrogens is 360 g/mol. The van der Waals surface area contributed by atoms with Gasteiger partial charge in [-0.05, 0) is 49.8 Å². The van der Waals surface area contributed by atoms with Gasteiger partial charge in [0.25, 0.3) is 0 Å². The summed E-state index contributed by atoms with van der Waals surface area (Å²) in [6, 6.07) is 8.01. The number of aliphatic hydroxyl groups excluding tert-OH is 1. The third-order valence-corrected chi connectivity index (χ3v) is 6.77. The van der Waals surface area contributed by atoms with Gasteiger partial charge in [0.15, 0.2) is 0 Å². The highest BCUT2D eigenvalue weighted by molar-refractivity contribution is 6.30. The number of hydrogen-bond acceptors (Lipinski definition) is 3. The Morgan fingerprint density at radius 1 is 1.22 bits per heavy atom. The molecule has 1 aliphatic carbocycles. The van der Waals surface area contributed by atoms with Crippen LogP contribution < -0.4 is 0 Å². The van der Waals surface area contributed by atoms with Gasteiger partial charge in [-0.2, -0.15) is 0 Å². The van der Waals surface area contributed by atoms with Crippen LogP contribution >= 0.6 is 11.6 Å². The number of rotatable bonds is 3. The zero-order valence-corrected chi connectivity index (χ0v) is 16.6. The van der Waals surface area contributed by atoms with Crippen LogP contribution in [0.1, 0.15) is 37.7 Å². The summed E-state index contributed by atoms with van der Waals surface area (Å²) in [7, 11) is 0. The second-order valence-corrected chi connectivity index (χ2v) is 8.95. The van der Waals surface area contributed by atoms with Crippen molar-refractivity contribution in [2.45, 2.75) is 44.8 Å². The Morgan fingerprint density at radius 2 is 2.04 bits per heavy atom. The van der Waals surface area contributed by atoms with Gasteiger partial charge in [0.1, 0.15) is 0 Å². The van der Waals surface area contributed by atoms with Crippen molar-refractivity contribution in [3.63, 3.8) is 0 Å². The Kier molecular flexibility index (Phi) is 5.58. The molecule has 2 aliphatic heterocycles. The summed E-state index contributed by atoms with van der Waals surface area (Å²) < 4.78 is 0. The summed E-state index contributed by atoms with van der Waals surface area (Å²) >= 11 is 6.14. The van der Waals surface area contributed by atoms with Gasteiger partial charge >= 0.3 is 0 Å². The van der Waals surface area contributed by atoms with E-state index >= 15 is 0 Å². The number of amides is 1. The number of hydrogen-bond donors (Lipinski definition) is 1. The molecule has 4 nitrogen and oxygen atoms in total. The van der Waals surface area contributed by atoms with Gasteiger partial charge in [0.2, 0.25) is 5.91 Å². The Hall–Kier alpha value is -1.36. The molecule has 4 rings (SSSR count). The number of aliphatic hydroxyl groups is 1. The lowest BCUT2D eigenvalue weighted by Crippen LogP contribution is -2.60. The molecule has 0 unspecified atom stereocenters. The summed E-state index contributed by atoms with van der Waals surface area (Å²) in [5, 5.41) is 11.6. The standard InChI is InChI=1S/C22H29ClN2O2/c23-19-8-3-5-17(13-19)14-24-12-9-20(26)22(15-24)10-4-11-25(16-22)21(27)18-6-1-2-7-18/h1-3,5,8,13,18,20,26H,4,6-7,9-12,14-16H2/t20-,22-/m1/s1. The van der Waals surface area contributed by atoms with Crippen LogP contribution in [0.4, 0.5) is 0 Å². The first-order valence-electron chi connectivity index (χ1n) is 10.1. The largest absolute Gasteiger partial charge is 0.392 e. The fourth-order valence-electron chi connectivity index (χ4n) is 5.10. The maximum absolute atomic E-state index is 12.9. The van der Waals surface area contributed by atoms with Crippen LogP contribution in [0.5, 0.6) is 0 Å². The van der Waals surface area contributed by atoms with E-state index in [1.807, 2.05) is 23.1 Å². The van der Waals surface area contributed by atoms with Crippen molar-refractivity contribution in [2.75, 3.05) is 26.2 Å². The quantitative estimate of drug-likeness (QED) is 0.806. The van der Waals surface area contributed by atoms with Gasteiger partial charge in [0, 0.05) is 49.1 Å². The van der Waals surface area contributed by atoms with E-state index in [9.17, 15) is 9.90 Å². The zero-order chi connectivity index (χ0) is 18.9. The molecule has 2 atom stereocenters. The molecule has 2 heterocycles. The highest BCUT2D eigenvalue weighted by atomic mass is 35.5. The third-order valence-electron chi connectivity index (χ3n) is 6.54. The van der Waals surface area contributed by atoms with E-state index in [-0.39, 0.29) is 23.3 Å². The van der Waals surface area contributed by atoms with E-state index in [1.165, 1.54) is 5.56 Å². The normalized spacial score (nSPS) is 29.6. The van der Waals surface area contributed by atoms with Crippen molar-refractivity contribution in [2.24, 2.45) is 11.3 Å². The SMILES string of the molecule is O=C(C1CC=CC1)N1CCC[C@@]2(CN(Cc3cccc(Cl)c3)CC[C@H]2O)C1. The second-order valence-electron chi connectivity index (χ2n) is 8.51. The maximum Gasteiger partial charge on any atom is 0.226 e. The topological polar surface area (TPSA) is 43.8 Å². The van der Waals surface area contributed by atoms with Gasteiger partial charge in [0.05, 0.1) is 6.10 Å². The van der Waals surface area contributed by atoms with E-state index in [0.717, 1.165) is 63.3 Å². The molecule has 0 radical (unpaired) electrons. The Bertz CT molecular complexity index is 714. The Morgan fingerprint density at radius 3 is 2.81 bits per heavy atom. The van der Waals surface area contributed by atoms with Crippen LogP contribution in [0.15, 0.2) is 36.4 Å². The summed E-state index contributed by atoms with van der Waals surface area (Å²) in [6.45, 7) is 4.09. The predicted molar refractivity (Wildman–Crippen MR) is 107 cm³/mol. The molecule has 1 amide bonds. The summed E-state index contributed by atoms with van der Waals surface area (Å²) in [6.07, 6.45) is 8.38. The monoisotopic (exact) mass is 388 g/mol. The van der Waals surface area contributed by atoms with E-state index in [0.29, 0.717) is 6.54 Å². The lowest BCUT2D eigenvalue weighted by molar-refractivity contribution is -0.145. The van der Waals surface area contributed by atoms with Gasteiger partial charge in [-0.1, -0.05) is 35.9 Å². The molecule has 1 spiro atoms. The number of benzene rings is 1. The minimum absolute atomic E-state index is 0.114. The molecule has 27 heavy (non-hydrogen) atoms. The molecule has 0 bridgehead atoms. The number of likely N-dealkylation sites (tertiary alicyclic amines) is 2. The minimum atomic E-state index is -0.328. The van der Waals surface area contributed by atoms with Crippen LogP contribution in [0.2, 0.25) is 5.02 Å². The lowest BCUT2D eigenvalue weighted by Gasteiger charge is -2.51. The Labute approximate surface area is 166 Å². The molecule has 1 N–H and O–H groups in total. The molecule has 0 aromatic heterocycles. The van der Waals surface area contributed by atoms with Crippen molar-refractivity contribution in [1.82, 2.24) is 9.80 Å². The second kappa shape index (κ2) is 7.94. The number of carbonyl (C=O) groups is 1. The summed E-state index contributed by atoms with van der Waals surface area (Å²) in [4.78, 5) is 17.4. The van der Waals surface area contributed by atoms with Crippen molar-refractivity contribution in [1.29, 1.82) is 0 Å². The van der Waals surface area contributed by atoms with Crippen LogP contribution in [0.25, 0.3) is 0 Å². The maximum atomic E-state index is 12.9. The zero-order valence-electron chi connectivity index (χ0n) is 15.8. The van der Waals surface area contributed by atoms with Gasteiger partial charge in [-0.3, -0.25) is 9.69 Å². The molecule has 146 valence electrons.